The fourth-order valence-corrected chi connectivity index (χ4v) is 4.38. The summed E-state index contributed by atoms with van der Waals surface area (Å²) in [5.74, 6) is 1.60. The number of halogens is 1. The number of hydrogen-bond acceptors (Lipinski definition) is 5. The molecule has 7 nitrogen and oxygen atoms in total. The maximum Gasteiger partial charge on any atom is 0.247 e. The molecule has 2 aromatic rings. The second-order valence-electron chi connectivity index (χ2n) is 5.89. The molecule has 148 valence electrons. The Labute approximate surface area is 180 Å². The molecule has 3 rings (SSSR count). The topological polar surface area (TPSA) is 106 Å². The molecule has 0 radical (unpaired) electrons. The summed E-state index contributed by atoms with van der Waals surface area (Å²) in [5, 5.41) is 11.6. The van der Waals surface area contributed by atoms with Gasteiger partial charge in [0.2, 0.25) is 10.0 Å². The zero-order chi connectivity index (χ0) is 18.6. The number of aliphatic imine (C=N–C) groups is 1. The maximum atomic E-state index is 11.3. The number of fused-ring (bicyclic) bond motifs is 1. The summed E-state index contributed by atoms with van der Waals surface area (Å²) in [5.41, 5.74) is 1.22. The van der Waals surface area contributed by atoms with E-state index in [0.29, 0.717) is 19.0 Å². The highest BCUT2D eigenvalue weighted by molar-refractivity contribution is 14.0. The van der Waals surface area contributed by atoms with Crippen molar-refractivity contribution in [1.29, 1.82) is 0 Å². The van der Waals surface area contributed by atoms with E-state index in [0.717, 1.165) is 34.9 Å². The van der Waals surface area contributed by atoms with Crippen molar-refractivity contribution in [2.24, 2.45) is 10.1 Å². The highest BCUT2D eigenvalue weighted by atomic mass is 127. The van der Waals surface area contributed by atoms with Crippen LogP contribution < -0.4 is 20.5 Å². The van der Waals surface area contributed by atoms with Gasteiger partial charge in [-0.2, -0.15) is 0 Å². The first-order valence-electron chi connectivity index (χ1n) is 8.34. The lowest BCUT2D eigenvalue weighted by Crippen LogP contribution is -2.42. The summed E-state index contributed by atoms with van der Waals surface area (Å²) in [6.07, 6.45) is 0.928. The van der Waals surface area contributed by atoms with Crippen molar-refractivity contribution in [3.05, 3.63) is 46.8 Å². The van der Waals surface area contributed by atoms with Crippen molar-refractivity contribution in [3.63, 3.8) is 0 Å². The first-order chi connectivity index (χ1) is 12.5. The number of primary sulfonamides is 1. The molecule has 1 atom stereocenters. The van der Waals surface area contributed by atoms with Gasteiger partial charge in [-0.1, -0.05) is 18.2 Å². The zero-order valence-corrected chi connectivity index (χ0v) is 18.8. The van der Waals surface area contributed by atoms with Crippen LogP contribution in [0.4, 0.5) is 0 Å². The highest BCUT2D eigenvalue weighted by Gasteiger charge is 2.22. The Hall–Kier alpha value is -1.37. The van der Waals surface area contributed by atoms with E-state index in [4.69, 9.17) is 9.88 Å². The van der Waals surface area contributed by atoms with Crippen molar-refractivity contribution < 1.29 is 13.2 Å². The fourth-order valence-electron chi connectivity index (χ4n) is 2.67. The zero-order valence-electron chi connectivity index (χ0n) is 14.8. The van der Waals surface area contributed by atoms with Crippen LogP contribution in [-0.2, 0) is 23.0 Å². The van der Waals surface area contributed by atoms with Gasteiger partial charge in [0.15, 0.2) is 5.96 Å². The summed E-state index contributed by atoms with van der Waals surface area (Å²) in [6, 6.07) is 11.3. The molecule has 1 aliphatic heterocycles. The number of hydrogen-bond donors (Lipinski definition) is 3. The number of para-hydroxylation sites is 1. The minimum Gasteiger partial charge on any atom is -0.488 e. The lowest BCUT2D eigenvalue weighted by molar-refractivity contribution is 0.235. The van der Waals surface area contributed by atoms with Gasteiger partial charge in [0.25, 0.3) is 0 Å². The molecular formula is C17H23IN4O3S2. The smallest absolute Gasteiger partial charge is 0.247 e. The number of nitrogens with zero attached hydrogens (tertiary/aromatic N) is 1. The minimum absolute atomic E-state index is 0. The van der Waals surface area contributed by atoms with E-state index in [1.807, 2.05) is 25.1 Å². The summed E-state index contributed by atoms with van der Waals surface area (Å²) in [7, 11) is -3.66. The van der Waals surface area contributed by atoms with E-state index in [9.17, 15) is 8.42 Å². The molecule has 4 N–H and O–H groups in total. The number of nitrogens with one attached hydrogen (secondary N) is 2. The Bertz CT molecular complexity index is 874. The van der Waals surface area contributed by atoms with Crippen LogP contribution in [0.3, 0.4) is 0 Å². The fraction of sp³-hybridized carbons (Fsp3) is 0.353. The number of sulfonamides is 1. The average Bonchev–Trinajstić information content (AvgIpc) is 3.23. The number of ether oxygens (including phenoxy) is 1. The van der Waals surface area contributed by atoms with Crippen molar-refractivity contribution in [1.82, 2.24) is 10.6 Å². The Morgan fingerprint density at radius 2 is 2.07 bits per heavy atom. The predicted octanol–water partition coefficient (Wildman–Crippen LogP) is 2.07. The molecule has 2 heterocycles. The monoisotopic (exact) mass is 522 g/mol. The van der Waals surface area contributed by atoms with Gasteiger partial charge in [0.1, 0.15) is 16.1 Å². The van der Waals surface area contributed by atoms with Gasteiger partial charge < -0.3 is 15.4 Å². The molecule has 0 amide bonds. The van der Waals surface area contributed by atoms with Gasteiger partial charge in [-0.25, -0.2) is 18.5 Å². The molecule has 0 saturated carbocycles. The van der Waals surface area contributed by atoms with Gasteiger partial charge in [-0.15, -0.1) is 35.3 Å². The first kappa shape index (κ1) is 21.9. The molecule has 0 spiro atoms. The number of benzene rings is 1. The van der Waals surface area contributed by atoms with Gasteiger partial charge >= 0.3 is 0 Å². The molecule has 0 bridgehead atoms. The number of rotatable bonds is 6. The summed E-state index contributed by atoms with van der Waals surface area (Å²) in [6.45, 7) is 3.72. The van der Waals surface area contributed by atoms with Crippen LogP contribution in [0.5, 0.6) is 5.75 Å². The van der Waals surface area contributed by atoms with Crippen molar-refractivity contribution >= 4 is 51.3 Å². The van der Waals surface area contributed by atoms with Crippen LogP contribution in [0.2, 0.25) is 0 Å². The molecule has 0 aliphatic carbocycles. The van der Waals surface area contributed by atoms with E-state index in [1.165, 1.54) is 11.6 Å². The second-order valence-corrected chi connectivity index (χ2v) is 8.85. The highest BCUT2D eigenvalue weighted by Crippen LogP contribution is 2.27. The summed E-state index contributed by atoms with van der Waals surface area (Å²) in [4.78, 5) is 5.33. The minimum atomic E-state index is -3.66. The van der Waals surface area contributed by atoms with Crippen molar-refractivity contribution in [2.45, 2.75) is 30.2 Å². The Morgan fingerprint density at radius 1 is 1.30 bits per heavy atom. The van der Waals surface area contributed by atoms with Crippen LogP contribution in [0.1, 0.15) is 17.4 Å². The van der Waals surface area contributed by atoms with E-state index in [2.05, 4.69) is 21.7 Å². The van der Waals surface area contributed by atoms with E-state index < -0.39 is 10.0 Å². The van der Waals surface area contributed by atoms with Crippen LogP contribution in [0.25, 0.3) is 0 Å². The maximum absolute atomic E-state index is 11.3. The lowest BCUT2D eigenvalue weighted by atomic mass is 10.1. The molecule has 27 heavy (non-hydrogen) atoms. The van der Waals surface area contributed by atoms with Crippen LogP contribution in [0, 0.1) is 0 Å². The average molecular weight is 522 g/mol. The molecule has 1 unspecified atom stereocenters. The molecule has 1 aromatic heterocycles. The summed E-state index contributed by atoms with van der Waals surface area (Å²) < 4.78 is 28.8. The third-order valence-electron chi connectivity index (χ3n) is 3.87. The Balaban J connectivity index is 0.00000261. The largest absolute Gasteiger partial charge is 0.488 e. The number of nitrogens with two attached hydrogens (primary N) is 1. The SMILES string of the molecule is CCNC(=NCc1ccc(S(N)(=O)=O)s1)NCC1Cc2ccccc2O1.I. The quantitative estimate of drug-likeness (QED) is 0.306. The standard InChI is InChI=1S/C17H22N4O3S2.HI/c1-2-19-17(21-11-14-7-8-16(25-14)26(18,22)23)20-10-13-9-12-5-3-4-6-15(12)24-13;/h3-8,13H,2,9-11H2,1H3,(H2,18,22,23)(H2,19,20,21);1H. The van der Waals surface area contributed by atoms with Gasteiger partial charge in [0, 0.05) is 17.8 Å². The van der Waals surface area contributed by atoms with E-state index in [1.54, 1.807) is 6.07 Å². The van der Waals surface area contributed by atoms with Gasteiger partial charge in [0.05, 0.1) is 13.1 Å². The Morgan fingerprint density at radius 3 is 2.74 bits per heavy atom. The van der Waals surface area contributed by atoms with Gasteiger partial charge in [-0.05, 0) is 30.7 Å². The molecule has 1 aromatic carbocycles. The van der Waals surface area contributed by atoms with Crippen LogP contribution >= 0.6 is 35.3 Å². The normalized spacial score (nSPS) is 16.2. The van der Waals surface area contributed by atoms with Crippen molar-refractivity contribution in [2.75, 3.05) is 13.1 Å². The molecule has 0 saturated heterocycles. The second kappa shape index (κ2) is 9.71. The summed E-state index contributed by atoms with van der Waals surface area (Å²) >= 11 is 1.13. The van der Waals surface area contributed by atoms with Crippen LogP contribution in [0.15, 0.2) is 45.6 Å². The lowest BCUT2D eigenvalue weighted by Gasteiger charge is -2.15. The molecule has 10 heteroatoms. The van der Waals surface area contributed by atoms with Gasteiger partial charge in [-0.3, -0.25) is 0 Å². The van der Waals surface area contributed by atoms with Crippen molar-refractivity contribution in [3.8, 4) is 5.75 Å². The molecule has 1 aliphatic rings. The van der Waals surface area contributed by atoms with Crippen LogP contribution in [-0.4, -0.2) is 33.6 Å². The molecule has 0 fully saturated rings. The third-order valence-corrected chi connectivity index (χ3v) is 6.37. The Kier molecular flexibility index (Phi) is 7.89. The number of thiophene rings is 1. The number of guanidine groups is 1. The third kappa shape index (κ3) is 6.06. The first-order valence-corrected chi connectivity index (χ1v) is 10.7. The van der Waals surface area contributed by atoms with E-state index in [-0.39, 0.29) is 34.3 Å². The van der Waals surface area contributed by atoms with E-state index >= 15 is 0 Å². The molecular weight excluding hydrogens is 499 g/mol. The predicted molar refractivity (Wildman–Crippen MR) is 118 cm³/mol.